The molecule has 6 nitrogen and oxygen atoms in total. The molecule has 106 valence electrons. The Kier molecular flexibility index (Phi) is 5.09. The third-order valence-electron chi connectivity index (χ3n) is 2.97. The summed E-state index contributed by atoms with van der Waals surface area (Å²) in [5.41, 5.74) is 0.501. The molecule has 0 atom stereocenters. The Labute approximate surface area is 112 Å². The SMILES string of the molecule is Cn1nccc1CCC(=O)NC(C)(C)CCC(=O)O. The zero-order valence-electron chi connectivity index (χ0n) is 11.6. The van der Waals surface area contributed by atoms with Crippen LogP contribution in [0.15, 0.2) is 12.3 Å². The van der Waals surface area contributed by atoms with Gasteiger partial charge in [-0.1, -0.05) is 0 Å². The molecule has 1 amide bonds. The molecule has 0 unspecified atom stereocenters. The maximum absolute atomic E-state index is 11.8. The fraction of sp³-hybridized carbons (Fsp3) is 0.615. The topological polar surface area (TPSA) is 84.2 Å². The van der Waals surface area contributed by atoms with E-state index in [9.17, 15) is 9.59 Å². The second-order valence-electron chi connectivity index (χ2n) is 5.27. The van der Waals surface area contributed by atoms with Gasteiger partial charge < -0.3 is 10.4 Å². The number of amides is 1. The highest BCUT2D eigenvalue weighted by Gasteiger charge is 2.21. The molecule has 0 radical (unpaired) electrons. The zero-order chi connectivity index (χ0) is 14.5. The summed E-state index contributed by atoms with van der Waals surface area (Å²) in [6.07, 6.45) is 3.16. The number of hydrogen-bond donors (Lipinski definition) is 2. The van der Waals surface area contributed by atoms with Crippen LogP contribution in [-0.4, -0.2) is 32.3 Å². The molecule has 0 fully saturated rings. The predicted molar refractivity (Wildman–Crippen MR) is 70.6 cm³/mol. The van der Waals surface area contributed by atoms with E-state index in [-0.39, 0.29) is 12.3 Å². The van der Waals surface area contributed by atoms with E-state index in [1.54, 1.807) is 10.9 Å². The minimum absolute atomic E-state index is 0.0506. The lowest BCUT2D eigenvalue weighted by Crippen LogP contribution is -2.43. The van der Waals surface area contributed by atoms with E-state index in [1.807, 2.05) is 27.0 Å². The Bertz CT molecular complexity index is 452. The van der Waals surface area contributed by atoms with E-state index < -0.39 is 11.5 Å². The van der Waals surface area contributed by atoms with Gasteiger partial charge in [0.1, 0.15) is 0 Å². The lowest BCUT2D eigenvalue weighted by molar-refractivity contribution is -0.137. The van der Waals surface area contributed by atoms with Gasteiger partial charge in [-0.2, -0.15) is 5.10 Å². The molecule has 0 saturated carbocycles. The molecule has 2 N–H and O–H groups in total. The number of carbonyl (C=O) groups is 2. The highest BCUT2D eigenvalue weighted by molar-refractivity contribution is 5.77. The fourth-order valence-electron chi connectivity index (χ4n) is 1.81. The van der Waals surface area contributed by atoms with Crippen LogP contribution in [0.1, 0.15) is 38.8 Å². The van der Waals surface area contributed by atoms with Crippen molar-refractivity contribution in [2.75, 3.05) is 0 Å². The molecular formula is C13H21N3O3. The maximum atomic E-state index is 11.8. The van der Waals surface area contributed by atoms with Gasteiger partial charge in [0.05, 0.1) is 0 Å². The molecule has 6 heteroatoms. The summed E-state index contributed by atoms with van der Waals surface area (Å²) < 4.78 is 1.74. The zero-order valence-corrected chi connectivity index (χ0v) is 11.6. The summed E-state index contributed by atoms with van der Waals surface area (Å²) in [5, 5.41) is 15.5. The van der Waals surface area contributed by atoms with Gasteiger partial charge in [-0.05, 0) is 32.8 Å². The standard InChI is InChI=1S/C13H21N3O3/c1-13(2,8-6-12(18)19)15-11(17)5-4-10-7-9-14-16(10)3/h7,9H,4-6,8H2,1-3H3,(H,15,17)(H,18,19). The van der Waals surface area contributed by atoms with Gasteiger partial charge in [-0.15, -0.1) is 0 Å². The lowest BCUT2D eigenvalue weighted by atomic mass is 9.98. The molecule has 0 bridgehead atoms. The Balaban J connectivity index is 2.38. The predicted octanol–water partition coefficient (Wildman–Crippen LogP) is 1.11. The minimum atomic E-state index is -0.850. The van der Waals surface area contributed by atoms with Crippen molar-refractivity contribution in [2.45, 2.75) is 45.1 Å². The van der Waals surface area contributed by atoms with Crippen molar-refractivity contribution in [1.29, 1.82) is 0 Å². The summed E-state index contributed by atoms with van der Waals surface area (Å²) in [4.78, 5) is 22.3. The number of carboxylic acids is 1. The molecule has 0 saturated heterocycles. The van der Waals surface area contributed by atoms with Crippen LogP contribution in [0.5, 0.6) is 0 Å². The third kappa shape index (κ3) is 5.54. The van der Waals surface area contributed by atoms with Gasteiger partial charge >= 0.3 is 5.97 Å². The van der Waals surface area contributed by atoms with Crippen molar-refractivity contribution in [1.82, 2.24) is 15.1 Å². The van der Waals surface area contributed by atoms with Crippen LogP contribution in [0, 0.1) is 0 Å². The van der Waals surface area contributed by atoms with Crippen LogP contribution < -0.4 is 5.32 Å². The van der Waals surface area contributed by atoms with Gasteiger partial charge in [-0.3, -0.25) is 14.3 Å². The molecule has 1 heterocycles. The Morgan fingerprint density at radius 1 is 1.42 bits per heavy atom. The monoisotopic (exact) mass is 267 g/mol. The average molecular weight is 267 g/mol. The van der Waals surface area contributed by atoms with E-state index in [4.69, 9.17) is 5.11 Å². The fourth-order valence-corrected chi connectivity index (χ4v) is 1.81. The highest BCUT2D eigenvalue weighted by Crippen LogP contribution is 2.12. The smallest absolute Gasteiger partial charge is 0.303 e. The maximum Gasteiger partial charge on any atom is 0.303 e. The lowest BCUT2D eigenvalue weighted by Gasteiger charge is -2.25. The molecule has 1 aromatic heterocycles. The molecule has 1 rings (SSSR count). The summed E-state index contributed by atoms with van der Waals surface area (Å²) in [6.45, 7) is 3.66. The summed E-state index contributed by atoms with van der Waals surface area (Å²) in [7, 11) is 1.84. The molecular weight excluding hydrogens is 246 g/mol. The van der Waals surface area contributed by atoms with Gasteiger partial charge in [0.25, 0.3) is 0 Å². The summed E-state index contributed by atoms with van der Waals surface area (Å²) in [6, 6.07) is 1.88. The number of carboxylic acid groups (broad SMARTS) is 1. The summed E-state index contributed by atoms with van der Waals surface area (Å²) >= 11 is 0. The van der Waals surface area contributed by atoms with Crippen LogP contribution in [0.25, 0.3) is 0 Å². The van der Waals surface area contributed by atoms with Crippen LogP contribution in [0.4, 0.5) is 0 Å². The van der Waals surface area contributed by atoms with Crippen LogP contribution in [-0.2, 0) is 23.1 Å². The van der Waals surface area contributed by atoms with Crippen LogP contribution in [0.2, 0.25) is 0 Å². The van der Waals surface area contributed by atoms with Crippen LogP contribution in [0.3, 0.4) is 0 Å². The number of carbonyl (C=O) groups excluding carboxylic acids is 1. The number of aromatic nitrogens is 2. The van der Waals surface area contributed by atoms with Gasteiger partial charge in [-0.25, -0.2) is 0 Å². The van der Waals surface area contributed by atoms with E-state index in [2.05, 4.69) is 10.4 Å². The number of rotatable bonds is 7. The first-order valence-electron chi connectivity index (χ1n) is 6.30. The highest BCUT2D eigenvalue weighted by atomic mass is 16.4. The Morgan fingerprint density at radius 3 is 2.63 bits per heavy atom. The number of hydrogen-bond acceptors (Lipinski definition) is 3. The second-order valence-corrected chi connectivity index (χ2v) is 5.27. The molecule has 0 aliphatic heterocycles. The van der Waals surface area contributed by atoms with Crippen molar-refractivity contribution in [3.63, 3.8) is 0 Å². The van der Waals surface area contributed by atoms with Crippen molar-refractivity contribution in [3.05, 3.63) is 18.0 Å². The first-order chi connectivity index (χ1) is 8.80. The molecule has 1 aromatic rings. The number of aliphatic carboxylic acids is 1. The van der Waals surface area contributed by atoms with Crippen molar-refractivity contribution >= 4 is 11.9 Å². The van der Waals surface area contributed by atoms with E-state index in [1.165, 1.54) is 0 Å². The van der Waals surface area contributed by atoms with Gasteiger partial charge in [0, 0.05) is 37.3 Å². The first-order valence-corrected chi connectivity index (χ1v) is 6.30. The van der Waals surface area contributed by atoms with Gasteiger partial charge in [0.15, 0.2) is 0 Å². The number of nitrogens with one attached hydrogen (secondary N) is 1. The van der Waals surface area contributed by atoms with E-state index in [0.29, 0.717) is 19.3 Å². The molecule has 0 aliphatic rings. The van der Waals surface area contributed by atoms with Crippen molar-refractivity contribution < 1.29 is 14.7 Å². The van der Waals surface area contributed by atoms with E-state index in [0.717, 1.165) is 5.69 Å². The molecule has 0 aromatic carbocycles. The summed E-state index contributed by atoms with van der Waals surface area (Å²) in [5.74, 6) is -0.922. The van der Waals surface area contributed by atoms with Crippen molar-refractivity contribution in [2.24, 2.45) is 7.05 Å². The Hall–Kier alpha value is -1.85. The van der Waals surface area contributed by atoms with Gasteiger partial charge in [0.2, 0.25) is 5.91 Å². The second kappa shape index (κ2) is 6.36. The normalized spacial score (nSPS) is 11.3. The average Bonchev–Trinajstić information content (AvgIpc) is 2.69. The number of nitrogens with zero attached hydrogens (tertiary/aromatic N) is 2. The van der Waals surface area contributed by atoms with Crippen LogP contribution >= 0.6 is 0 Å². The minimum Gasteiger partial charge on any atom is -0.481 e. The largest absolute Gasteiger partial charge is 0.481 e. The van der Waals surface area contributed by atoms with E-state index >= 15 is 0 Å². The first kappa shape index (κ1) is 15.2. The molecule has 19 heavy (non-hydrogen) atoms. The molecule has 0 aliphatic carbocycles. The molecule has 0 spiro atoms. The van der Waals surface area contributed by atoms with Crippen molar-refractivity contribution in [3.8, 4) is 0 Å². The quantitative estimate of drug-likeness (QED) is 0.775. The third-order valence-corrected chi connectivity index (χ3v) is 2.97. The Morgan fingerprint density at radius 2 is 2.11 bits per heavy atom. The number of aryl methyl sites for hydroxylation is 2.